The highest BCUT2D eigenvalue weighted by atomic mass is 16.2. The second-order valence-corrected chi connectivity index (χ2v) is 4.39. The number of nitrogens with one attached hydrogen (secondary N) is 2. The van der Waals surface area contributed by atoms with Crippen LogP contribution in [-0.4, -0.2) is 38.7 Å². The lowest BCUT2D eigenvalue weighted by Gasteiger charge is -2.24. The third kappa shape index (κ3) is 2.56. The van der Waals surface area contributed by atoms with Crippen molar-refractivity contribution in [3.8, 4) is 0 Å². The fraction of sp³-hybridized carbons (Fsp3) is 0.455. The van der Waals surface area contributed by atoms with Crippen molar-refractivity contribution < 1.29 is 0 Å². The molecule has 0 saturated heterocycles. The minimum atomic E-state index is -0.368. The molecule has 2 rings (SSSR count). The third-order valence-electron chi connectivity index (χ3n) is 2.99. The van der Waals surface area contributed by atoms with E-state index < -0.39 is 0 Å². The summed E-state index contributed by atoms with van der Waals surface area (Å²) in [6.07, 6.45) is 0. The highest BCUT2D eigenvalue weighted by Crippen LogP contribution is 2.12. The number of hydrogen-bond acceptors (Lipinski definition) is 5. The van der Waals surface area contributed by atoms with Gasteiger partial charge in [0.25, 0.3) is 0 Å². The number of anilines is 1. The number of nitrogens with zero attached hydrogens (tertiary/aromatic N) is 4. The summed E-state index contributed by atoms with van der Waals surface area (Å²) in [5, 5.41) is 17.8. The minimum absolute atomic E-state index is 0.0708. The molecular weight excluding hydrogens is 246 g/mol. The normalized spacial score (nSPS) is 12.5. The van der Waals surface area contributed by atoms with Crippen molar-refractivity contribution in [3.63, 3.8) is 0 Å². The molecule has 0 amide bonds. The second kappa shape index (κ2) is 5.09. The van der Waals surface area contributed by atoms with Crippen molar-refractivity contribution in [1.29, 1.82) is 5.41 Å². The maximum atomic E-state index is 11.5. The Morgan fingerprint density at radius 1 is 1.63 bits per heavy atom. The molecule has 8 heteroatoms. The molecule has 0 bridgehead atoms. The number of aromatic nitrogens is 4. The molecule has 1 unspecified atom stereocenters. The summed E-state index contributed by atoms with van der Waals surface area (Å²) >= 11 is 0. The van der Waals surface area contributed by atoms with E-state index in [4.69, 9.17) is 11.1 Å². The Bertz CT molecular complexity index is 644. The largest absolute Gasteiger partial charge is 0.387 e. The van der Waals surface area contributed by atoms with Crippen molar-refractivity contribution >= 4 is 17.3 Å². The summed E-state index contributed by atoms with van der Waals surface area (Å²) in [4.78, 5) is 13.4. The van der Waals surface area contributed by atoms with Crippen LogP contribution in [0.25, 0.3) is 5.65 Å². The van der Waals surface area contributed by atoms with Crippen LogP contribution in [0.15, 0.2) is 16.9 Å². The van der Waals surface area contributed by atoms with Gasteiger partial charge in [0.15, 0.2) is 5.65 Å². The molecule has 1 atom stereocenters. The van der Waals surface area contributed by atoms with E-state index in [1.807, 2.05) is 18.7 Å². The average molecular weight is 263 g/mol. The van der Waals surface area contributed by atoms with Crippen molar-refractivity contribution in [2.45, 2.75) is 13.8 Å². The molecule has 0 radical (unpaired) electrons. The molecule has 0 aliphatic heterocycles. The number of rotatable bonds is 5. The number of hydrogen-bond donors (Lipinski definition) is 3. The number of H-pyrrole nitrogens is 1. The summed E-state index contributed by atoms with van der Waals surface area (Å²) in [5.41, 5.74) is 5.59. The van der Waals surface area contributed by atoms with Crippen molar-refractivity contribution in [3.05, 3.63) is 22.6 Å². The lowest BCUT2D eigenvalue weighted by molar-refractivity contribution is 0.680. The van der Waals surface area contributed by atoms with Crippen LogP contribution in [0.1, 0.15) is 13.8 Å². The van der Waals surface area contributed by atoms with Gasteiger partial charge in [0, 0.05) is 19.0 Å². The van der Waals surface area contributed by atoms with Gasteiger partial charge in [-0.3, -0.25) is 5.41 Å². The van der Waals surface area contributed by atoms with Crippen LogP contribution in [0, 0.1) is 11.3 Å². The Morgan fingerprint density at radius 2 is 2.37 bits per heavy atom. The van der Waals surface area contributed by atoms with Crippen LogP contribution in [-0.2, 0) is 0 Å². The van der Waals surface area contributed by atoms with Crippen LogP contribution < -0.4 is 16.3 Å². The molecule has 0 fully saturated rings. The summed E-state index contributed by atoms with van der Waals surface area (Å²) in [6.45, 7) is 5.16. The first kappa shape index (κ1) is 13.1. The average Bonchev–Trinajstić information content (AvgIpc) is 2.77. The fourth-order valence-corrected chi connectivity index (χ4v) is 1.78. The molecule has 0 aliphatic carbocycles. The Morgan fingerprint density at radius 3 is 3.00 bits per heavy atom. The Kier molecular flexibility index (Phi) is 3.50. The zero-order valence-corrected chi connectivity index (χ0v) is 10.9. The molecule has 102 valence electrons. The molecule has 0 spiro atoms. The maximum Gasteiger partial charge on any atom is 0.364 e. The fourth-order valence-electron chi connectivity index (χ4n) is 1.78. The molecular formula is C11H17N7O. The summed E-state index contributed by atoms with van der Waals surface area (Å²) in [7, 11) is 0. The van der Waals surface area contributed by atoms with Gasteiger partial charge in [0.1, 0.15) is 5.82 Å². The predicted molar refractivity (Wildman–Crippen MR) is 72.6 cm³/mol. The van der Waals surface area contributed by atoms with E-state index in [0.29, 0.717) is 24.6 Å². The highest BCUT2D eigenvalue weighted by Gasteiger charge is 2.14. The first-order chi connectivity index (χ1) is 9.02. The predicted octanol–water partition coefficient (Wildman–Crippen LogP) is -0.184. The zero-order valence-electron chi connectivity index (χ0n) is 10.9. The van der Waals surface area contributed by atoms with Crippen molar-refractivity contribution in [2.75, 3.05) is 18.0 Å². The molecule has 4 N–H and O–H groups in total. The van der Waals surface area contributed by atoms with Crippen LogP contribution in [0.5, 0.6) is 0 Å². The van der Waals surface area contributed by atoms with Crippen molar-refractivity contribution in [1.82, 2.24) is 19.8 Å². The molecule has 2 heterocycles. The zero-order chi connectivity index (χ0) is 14.0. The van der Waals surface area contributed by atoms with E-state index in [9.17, 15) is 4.79 Å². The Labute approximate surface area is 109 Å². The number of nitrogens with two attached hydrogens (primary N) is 1. The van der Waals surface area contributed by atoms with E-state index in [1.54, 1.807) is 12.1 Å². The summed E-state index contributed by atoms with van der Waals surface area (Å²) in [6, 6.07) is 3.52. The summed E-state index contributed by atoms with van der Waals surface area (Å²) in [5.74, 6) is 0.727. The SMILES string of the molecule is CCN(CC(C)C(=N)N)c1ccc2n[nH]c(=O)n2n1. The van der Waals surface area contributed by atoms with Gasteiger partial charge in [-0.15, -0.1) is 5.10 Å². The number of fused-ring (bicyclic) bond motifs is 1. The van der Waals surface area contributed by atoms with Gasteiger partial charge < -0.3 is 10.6 Å². The first-order valence-electron chi connectivity index (χ1n) is 6.06. The monoisotopic (exact) mass is 263 g/mol. The van der Waals surface area contributed by atoms with E-state index in [-0.39, 0.29) is 17.4 Å². The highest BCUT2D eigenvalue weighted by molar-refractivity contribution is 5.79. The summed E-state index contributed by atoms with van der Waals surface area (Å²) < 4.78 is 1.22. The van der Waals surface area contributed by atoms with Gasteiger partial charge in [0.05, 0.1) is 5.84 Å². The van der Waals surface area contributed by atoms with Crippen LogP contribution in [0.4, 0.5) is 5.82 Å². The van der Waals surface area contributed by atoms with E-state index in [1.165, 1.54) is 4.52 Å². The second-order valence-electron chi connectivity index (χ2n) is 4.39. The van der Waals surface area contributed by atoms with Gasteiger partial charge in [-0.05, 0) is 19.1 Å². The van der Waals surface area contributed by atoms with Gasteiger partial charge in [-0.1, -0.05) is 6.92 Å². The molecule has 19 heavy (non-hydrogen) atoms. The van der Waals surface area contributed by atoms with Gasteiger partial charge in [-0.2, -0.15) is 9.61 Å². The minimum Gasteiger partial charge on any atom is -0.387 e. The van der Waals surface area contributed by atoms with E-state index >= 15 is 0 Å². The Hall–Kier alpha value is -2.38. The number of amidine groups is 1. The molecule has 8 nitrogen and oxygen atoms in total. The quantitative estimate of drug-likeness (QED) is 0.511. The third-order valence-corrected chi connectivity index (χ3v) is 2.99. The van der Waals surface area contributed by atoms with Gasteiger partial charge in [0.2, 0.25) is 0 Å². The van der Waals surface area contributed by atoms with Crippen LogP contribution >= 0.6 is 0 Å². The lowest BCUT2D eigenvalue weighted by Crippen LogP contribution is -2.35. The van der Waals surface area contributed by atoms with Crippen molar-refractivity contribution in [2.24, 2.45) is 11.7 Å². The topological polar surface area (TPSA) is 116 Å². The number of aromatic amines is 1. The van der Waals surface area contributed by atoms with E-state index in [2.05, 4.69) is 15.3 Å². The molecule has 0 aliphatic rings. The standard InChI is InChI=1S/C11H17N7O/c1-3-17(6-7(2)10(12)13)9-5-4-8-14-15-11(19)18(8)16-9/h4-5,7H,3,6H2,1-2H3,(H3,12,13)(H,15,19). The lowest BCUT2D eigenvalue weighted by atomic mass is 10.1. The maximum absolute atomic E-state index is 11.5. The molecule has 0 aromatic carbocycles. The molecule has 0 saturated carbocycles. The van der Waals surface area contributed by atoms with Gasteiger partial charge >= 0.3 is 5.69 Å². The van der Waals surface area contributed by atoms with E-state index in [0.717, 1.165) is 0 Å². The molecule has 2 aromatic heterocycles. The Balaban J connectivity index is 2.32. The van der Waals surface area contributed by atoms with Crippen LogP contribution in [0.2, 0.25) is 0 Å². The smallest absolute Gasteiger partial charge is 0.364 e. The van der Waals surface area contributed by atoms with Crippen LogP contribution in [0.3, 0.4) is 0 Å². The first-order valence-corrected chi connectivity index (χ1v) is 6.06. The van der Waals surface area contributed by atoms with Gasteiger partial charge in [-0.25, -0.2) is 9.89 Å². The molecule has 2 aromatic rings.